The molecular formula is C23H22N2O4. The van der Waals surface area contributed by atoms with Crippen LogP contribution in [0.25, 0.3) is 0 Å². The van der Waals surface area contributed by atoms with E-state index in [4.69, 9.17) is 9.47 Å². The van der Waals surface area contributed by atoms with Crippen LogP contribution in [0.3, 0.4) is 0 Å². The first-order valence-electron chi connectivity index (χ1n) is 9.09. The predicted molar refractivity (Wildman–Crippen MR) is 113 cm³/mol. The molecule has 0 aliphatic rings. The Balaban J connectivity index is 1.55. The molecule has 148 valence electrons. The van der Waals surface area contributed by atoms with Gasteiger partial charge in [-0.3, -0.25) is 9.59 Å². The summed E-state index contributed by atoms with van der Waals surface area (Å²) in [6.45, 7) is 1.41. The number of para-hydroxylation sites is 2. The maximum atomic E-state index is 12.1. The molecule has 0 aliphatic heterocycles. The van der Waals surface area contributed by atoms with Gasteiger partial charge >= 0.3 is 0 Å². The SMILES string of the molecule is COc1ccccc1OCC(=O)Nc1ccc(Nc2cccc(C(C)=O)c2)cc1. The van der Waals surface area contributed by atoms with Crippen LogP contribution >= 0.6 is 0 Å². The van der Waals surface area contributed by atoms with Crippen molar-refractivity contribution in [2.75, 3.05) is 24.4 Å². The van der Waals surface area contributed by atoms with Gasteiger partial charge in [0.1, 0.15) is 0 Å². The minimum absolute atomic E-state index is 0.0158. The van der Waals surface area contributed by atoms with Crippen molar-refractivity contribution < 1.29 is 19.1 Å². The van der Waals surface area contributed by atoms with Crippen LogP contribution in [0.4, 0.5) is 17.1 Å². The van der Waals surface area contributed by atoms with Crippen LogP contribution in [-0.4, -0.2) is 25.4 Å². The monoisotopic (exact) mass is 390 g/mol. The van der Waals surface area contributed by atoms with Crippen LogP contribution < -0.4 is 20.1 Å². The molecule has 0 aliphatic carbocycles. The highest BCUT2D eigenvalue weighted by molar-refractivity contribution is 5.95. The highest BCUT2D eigenvalue weighted by atomic mass is 16.5. The first-order chi connectivity index (χ1) is 14.0. The molecule has 0 saturated carbocycles. The number of nitrogens with one attached hydrogen (secondary N) is 2. The molecular weight excluding hydrogens is 368 g/mol. The number of benzene rings is 3. The molecule has 0 radical (unpaired) electrons. The number of amides is 1. The molecule has 3 aromatic rings. The third-order valence-corrected chi connectivity index (χ3v) is 4.15. The minimum Gasteiger partial charge on any atom is -0.493 e. The van der Waals surface area contributed by atoms with E-state index in [0.29, 0.717) is 22.7 Å². The van der Waals surface area contributed by atoms with Gasteiger partial charge in [0, 0.05) is 22.6 Å². The van der Waals surface area contributed by atoms with Crippen LogP contribution in [0.2, 0.25) is 0 Å². The first kappa shape index (κ1) is 19.9. The third kappa shape index (κ3) is 5.59. The molecule has 29 heavy (non-hydrogen) atoms. The summed E-state index contributed by atoms with van der Waals surface area (Å²) in [6, 6.07) is 21.7. The average molecular weight is 390 g/mol. The molecule has 1 amide bonds. The highest BCUT2D eigenvalue weighted by Gasteiger charge is 2.07. The summed E-state index contributed by atoms with van der Waals surface area (Å²) in [5, 5.41) is 6.02. The lowest BCUT2D eigenvalue weighted by molar-refractivity contribution is -0.118. The molecule has 0 unspecified atom stereocenters. The van der Waals surface area contributed by atoms with Crippen molar-refractivity contribution in [2.24, 2.45) is 0 Å². The zero-order chi connectivity index (χ0) is 20.6. The predicted octanol–water partition coefficient (Wildman–Crippen LogP) is 4.66. The summed E-state index contributed by atoms with van der Waals surface area (Å²) in [5.41, 5.74) is 2.96. The number of ketones is 1. The van der Waals surface area contributed by atoms with E-state index in [9.17, 15) is 9.59 Å². The smallest absolute Gasteiger partial charge is 0.262 e. The van der Waals surface area contributed by atoms with Crippen LogP contribution in [0.15, 0.2) is 72.8 Å². The van der Waals surface area contributed by atoms with E-state index in [1.165, 1.54) is 6.92 Å². The van der Waals surface area contributed by atoms with Crippen molar-refractivity contribution in [3.63, 3.8) is 0 Å². The fraction of sp³-hybridized carbons (Fsp3) is 0.130. The summed E-state index contributed by atoms with van der Waals surface area (Å²) in [4.78, 5) is 23.6. The molecule has 0 saturated heterocycles. The quantitative estimate of drug-likeness (QED) is 0.547. The topological polar surface area (TPSA) is 76.7 Å². The number of ether oxygens (including phenoxy) is 2. The van der Waals surface area contributed by atoms with Gasteiger partial charge in [-0.25, -0.2) is 0 Å². The molecule has 2 N–H and O–H groups in total. The fourth-order valence-electron chi connectivity index (χ4n) is 2.70. The molecule has 6 heteroatoms. The number of hydrogen-bond acceptors (Lipinski definition) is 5. The van der Waals surface area contributed by atoms with Crippen molar-refractivity contribution in [1.82, 2.24) is 0 Å². The Hall–Kier alpha value is -3.80. The second-order valence-corrected chi connectivity index (χ2v) is 6.33. The Morgan fingerprint density at radius 1 is 0.828 bits per heavy atom. The second kappa shape index (κ2) is 9.41. The molecule has 3 rings (SSSR count). The minimum atomic E-state index is -0.272. The summed E-state index contributed by atoms with van der Waals surface area (Å²) < 4.78 is 10.7. The number of anilines is 3. The Labute approximate surface area is 169 Å². The maximum absolute atomic E-state index is 12.1. The van der Waals surface area contributed by atoms with E-state index < -0.39 is 0 Å². The molecule has 0 aromatic heterocycles. The third-order valence-electron chi connectivity index (χ3n) is 4.15. The van der Waals surface area contributed by atoms with Crippen molar-refractivity contribution in [3.05, 3.63) is 78.4 Å². The van der Waals surface area contributed by atoms with Gasteiger partial charge in [-0.2, -0.15) is 0 Å². The Morgan fingerprint density at radius 2 is 1.52 bits per heavy atom. The normalized spacial score (nSPS) is 10.1. The lowest BCUT2D eigenvalue weighted by Crippen LogP contribution is -2.20. The van der Waals surface area contributed by atoms with Gasteiger partial charge in [-0.1, -0.05) is 24.3 Å². The van der Waals surface area contributed by atoms with E-state index in [-0.39, 0.29) is 18.3 Å². The molecule has 3 aromatic carbocycles. The van der Waals surface area contributed by atoms with Crippen molar-refractivity contribution in [3.8, 4) is 11.5 Å². The Bertz CT molecular complexity index is 1000. The van der Waals surface area contributed by atoms with E-state index in [1.54, 1.807) is 43.5 Å². The summed E-state index contributed by atoms with van der Waals surface area (Å²) in [7, 11) is 1.55. The molecule has 0 fully saturated rings. The molecule has 0 bridgehead atoms. The summed E-state index contributed by atoms with van der Waals surface area (Å²) in [6.07, 6.45) is 0. The summed E-state index contributed by atoms with van der Waals surface area (Å²) in [5.74, 6) is 0.829. The highest BCUT2D eigenvalue weighted by Crippen LogP contribution is 2.25. The van der Waals surface area contributed by atoms with Crippen molar-refractivity contribution in [1.29, 1.82) is 0 Å². The Morgan fingerprint density at radius 3 is 2.21 bits per heavy atom. The number of methoxy groups -OCH3 is 1. The zero-order valence-electron chi connectivity index (χ0n) is 16.3. The maximum Gasteiger partial charge on any atom is 0.262 e. The van der Waals surface area contributed by atoms with Crippen molar-refractivity contribution in [2.45, 2.75) is 6.92 Å². The van der Waals surface area contributed by atoms with E-state index >= 15 is 0 Å². The van der Waals surface area contributed by atoms with E-state index in [2.05, 4.69) is 10.6 Å². The second-order valence-electron chi connectivity index (χ2n) is 6.33. The molecule has 0 atom stereocenters. The van der Waals surface area contributed by atoms with Gasteiger partial charge in [0.15, 0.2) is 23.9 Å². The van der Waals surface area contributed by atoms with Gasteiger partial charge in [-0.15, -0.1) is 0 Å². The van der Waals surface area contributed by atoms with E-state index in [0.717, 1.165) is 11.4 Å². The van der Waals surface area contributed by atoms with Crippen molar-refractivity contribution >= 4 is 28.8 Å². The zero-order valence-corrected chi connectivity index (χ0v) is 16.3. The lowest BCUT2D eigenvalue weighted by atomic mass is 10.1. The van der Waals surface area contributed by atoms with Crippen LogP contribution in [0.5, 0.6) is 11.5 Å². The van der Waals surface area contributed by atoms with Gasteiger partial charge in [-0.05, 0) is 55.5 Å². The van der Waals surface area contributed by atoms with Gasteiger partial charge in [0.05, 0.1) is 7.11 Å². The molecule has 0 heterocycles. The summed E-state index contributed by atoms with van der Waals surface area (Å²) >= 11 is 0. The Kier molecular flexibility index (Phi) is 6.47. The van der Waals surface area contributed by atoms with Crippen LogP contribution in [0.1, 0.15) is 17.3 Å². The number of carbonyl (C=O) groups is 2. The largest absolute Gasteiger partial charge is 0.493 e. The average Bonchev–Trinajstić information content (AvgIpc) is 2.74. The fourth-order valence-corrected chi connectivity index (χ4v) is 2.70. The van der Waals surface area contributed by atoms with Gasteiger partial charge in [0.25, 0.3) is 5.91 Å². The van der Waals surface area contributed by atoms with E-state index in [1.807, 2.05) is 36.4 Å². The number of hydrogen-bond donors (Lipinski definition) is 2. The molecule has 6 nitrogen and oxygen atoms in total. The van der Waals surface area contributed by atoms with Gasteiger partial charge < -0.3 is 20.1 Å². The lowest BCUT2D eigenvalue weighted by Gasteiger charge is -2.11. The van der Waals surface area contributed by atoms with Crippen LogP contribution in [-0.2, 0) is 4.79 Å². The van der Waals surface area contributed by atoms with Gasteiger partial charge in [0.2, 0.25) is 0 Å². The number of Topliss-reactive ketones (excluding diaryl/α,β-unsaturated/α-hetero) is 1. The number of carbonyl (C=O) groups excluding carboxylic acids is 2. The van der Waals surface area contributed by atoms with Crippen LogP contribution in [0, 0.1) is 0 Å². The first-order valence-corrected chi connectivity index (χ1v) is 9.09. The number of rotatable bonds is 8. The molecule has 0 spiro atoms. The standard InChI is InChI=1S/C23H22N2O4/c1-16(26)17-6-5-7-20(14-17)24-18-10-12-19(13-11-18)25-23(27)15-29-22-9-4-3-8-21(22)28-2/h3-14,24H,15H2,1-2H3,(H,25,27).